The van der Waals surface area contributed by atoms with Crippen LogP contribution in [0, 0.1) is 3.57 Å². The molecule has 0 fully saturated rings. The maximum absolute atomic E-state index is 13.2. The molecule has 4 nitrogen and oxygen atoms in total. The summed E-state index contributed by atoms with van der Waals surface area (Å²) in [6.45, 7) is 1.46. The van der Waals surface area contributed by atoms with Gasteiger partial charge >= 0.3 is 6.18 Å². The molecule has 0 aromatic heterocycles. The largest absolute Gasteiger partial charge is 0.416 e. The first-order chi connectivity index (χ1) is 13.5. The van der Waals surface area contributed by atoms with Crippen molar-refractivity contribution in [2.24, 2.45) is 0 Å². The van der Waals surface area contributed by atoms with Gasteiger partial charge in [0, 0.05) is 17.2 Å². The maximum atomic E-state index is 13.2. The predicted molar refractivity (Wildman–Crippen MR) is 120 cm³/mol. The van der Waals surface area contributed by atoms with E-state index in [1.165, 1.54) is 6.07 Å². The van der Waals surface area contributed by atoms with E-state index in [-0.39, 0.29) is 16.3 Å². The number of alkyl halides is 3. The van der Waals surface area contributed by atoms with Crippen molar-refractivity contribution in [3.05, 3.63) is 56.1 Å². The van der Waals surface area contributed by atoms with Crippen LogP contribution in [-0.4, -0.2) is 45.0 Å². The van der Waals surface area contributed by atoms with E-state index in [1.54, 1.807) is 25.2 Å². The van der Waals surface area contributed by atoms with Gasteiger partial charge in [-0.05, 0) is 86.0 Å². The van der Waals surface area contributed by atoms with Crippen LogP contribution in [0.2, 0.25) is 5.02 Å². The number of benzene rings is 2. The lowest BCUT2D eigenvalue weighted by atomic mass is 10.1. The second-order valence-corrected chi connectivity index (χ2v) is 8.54. The molecule has 0 aliphatic heterocycles. The Morgan fingerprint density at radius 3 is 2.41 bits per heavy atom. The van der Waals surface area contributed by atoms with Crippen molar-refractivity contribution < 1.29 is 18.0 Å². The van der Waals surface area contributed by atoms with Crippen molar-refractivity contribution in [3.8, 4) is 0 Å². The zero-order chi connectivity index (χ0) is 21.8. The van der Waals surface area contributed by atoms with Crippen LogP contribution in [0.25, 0.3) is 0 Å². The van der Waals surface area contributed by atoms with Gasteiger partial charge in [0.2, 0.25) is 0 Å². The molecule has 9 heteroatoms. The summed E-state index contributed by atoms with van der Waals surface area (Å²) in [7, 11) is 5.69. The summed E-state index contributed by atoms with van der Waals surface area (Å²) in [5, 5.41) is 2.84. The molecule has 0 unspecified atom stereocenters. The van der Waals surface area contributed by atoms with Gasteiger partial charge in [-0.2, -0.15) is 13.2 Å². The van der Waals surface area contributed by atoms with Crippen molar-refractivity contribution in [2.75, 3.05) is 44.4 Å². The molecule has 158 valence electrons. The van der Waals surface area contributed by atoms with Gasteiger partial charge in [-0.25, -0.2) is 0 Å². The number of carbonyl (C=O) groups is 1. The second kappa shape index (κ2) is 9.99. The van der Waals surface area contributed by atoms with E-state index in [2.05, 4.69) is 5.32 Å². The molecule has 2 aromatic carbocycles. The van der Waals surface area contributed by atoms with E-state index < -0.39 is 17.6 Å². The molecule has 0 bridgehead atoms. The lowest BCUT2D eigenvalue weighted by molar-refractivity contribution is -0.137. The second-order valence-electron chi connectivity index (χ2n) is 6.89. The Morgan fingerprint density at radius 2 is 1.79 bits per heavy atom. The van der Waals surface area contributed by atoms with Gasteiger partial charge in [0.1, 0.15) is 0 Å². The number of anilines is 2. The molecule has 1 N–H and O–H groups in total. The highest BCUT2D eigenvalue weighted by Crippen LogP contribution is 2.35. The van der Waals surface area contributed by atoms with Crippen LogP contribution in [0.1, 0.15) is 22.3 Å². The minimum Gasteiger partial charge on any atom is -0.373 e. The van der Waals surface area contributed by atoms with Gasteiger partial charge in [-0.3, -0.25) is 4.79 Å². The molecule has 2 rings (SSSR count). The molecular weight excluding hydrogens is 518 g/mol. The monoisotopic (exact) mass is 539 g/mol. The van der Waals surface area contributed by atoms with E-state index in [0.29, 0.717) is 12.2 Å². The average molecular weight is 540 g/mol. The van der Waals surface area contributed by atoms with Crippen LogP contribution in [0.4, 0.5) is 24.5 Å². The summed E-state index contributed by atoms with van der Waals surface area (Å²) in [5.41, 5.74) is -0.0249. The highest BCUT2D eigenvalue weighted by atomic mass is 127. The van der Waals surface area contributed by atoms with Crippen molar-refractivity contribution in [1.29, 1.82) is 0 Å². The molecule has 0 radical (unpaired) electrons. The smallest absolute Gasteiger partial charge is 0.373 e. The van der Waals surface area contributed by atoms with Gasteiger partial charge in [0.05, 0.1) is 27.5 Å². The molecule has 0 aliphatic rings. The number of hydrogen-bond donors (Lipinski definition) is 1. The Morgan fingerprint density at radius 1 is 1.10 bits per heavy atom. The van der Waals surface area contributed by atoms with Crippen molar-refractivity contribution in [3.63, 3.8) is 0 Å². The van der Waals surface area contributed by atoms with Crippen LogP contribution in [0.15, 0.2) is 36.4 Å². The van der Waals surface area contributed by atoms with Crippen LogP contribution < -0.4 is 10.2 Å². The number of carbonyl (C=O) groups excluding carboxylic acids is 1. The quantitative estimate of drug-likeness (QED) is 0.465. The summed E-state index contributed by atoms with van der Waals surface area (Å²) in [5.74, 6) is -0.559. The molecule has 2 aromatic rings. The normalized spacial score (nSPS) is 11.6. The molecule has 0 aliphatic carbocycles. The standard InChI is InChI=1S/C20H22ClF3IN3O/c1-27(2)9-4-10-28(3)18-8-5-13(20(22,23)24)11-17(18)26-19(29)15-12-14(25)6-7-16(15)21/h5-8,11-12H,4,9-10H2,1-3H3,(H,26,29). The molecular formula is C20H22ClF3IN3O. The number of amides is 1. The Hall–Kier alpha value is -1.52. The van der Waals surface area contributed by atoms with Crippen LogP contribution in [-0.2, 0) is 6.18 Å². The van der Waals surface area contributed by atoms with Gasteiger partial charge in [0.15, 0.2) is 0 Å². The zero-order valence-corrected chi connectivity index (χ0v) is 19.2. The Labute approximate surface area is 187 Å². The topological polar surface area (TPSA) is 35.6 Å². The van der Waals surface area contributed by atoms with Crippen LogP contribution in [0.3, 0.4) is 0 Å². The summed E-state index contributed by atoms with van der Waals surface area (Å²) in [4.78, 5) is 16.6. The summed E-state index contributed by atoms with van der Waals surface area (Å²) in [6.07, 6.45) is -3.69. The molecule has 0 saturated heterocycles. The number of nitrogens with one attached hydrogen (secondary N) is 1. The molecule has 0 spiro atoms. The van der Waals surface area contributed by atoms with Gasteiger partial charge in [-0.15, -0.1) is 0 Å². The van der Waals surface area contributed by atoms with E-state index in [9.17, 15) is 18.0 Å². The first-order valence-electron chi connectivity index (χ1n) is 8.82. The minimum absolute atomic E-state index is 0.0899. The van der Waals surface area contributed by atoms with E-state index in [0.717, 1.165) is 28.7 Å². The lowest BCUT2D eigenvalue weighted by Crippen LogP contribution is -2.25. The fourth-order valence-electron chi connectivity index (χ4n) is 2.75. The van der Waals surface area contributed by atoms with Crippen LogP contribution in [0.5, 0.6) is 0 Å². The first-order valence-corrected chi connectivity index (χ1v) is 10.3. The Bertz CT molecular complexity index is 875. The molecule has 0 atom stereocenters. The number of hydrogen-bond acceptors (Lipinski definition) is 3. The molecule has 0 saturated carbocycles. The Kier molecular flexibility index (Phi) is 8.18. The SMILES string of the molecule is CN(C)CCCN(C)c1ccc(C(F)(F)F)cc1NC(=O)c1cc(I)ccc1Cl. The molecule has 0 heterocycles. The highest BCUT2D eigenvalue weighted by Gasteiger charge is 2.31. The lowest BCUT2D eigenvalue weighted by Gasteiger charge is -2.24. The number of rotatable bonds is 7. The van der Waals surface area contributed by atoms with Crippen molar-refractivity contribution in [2.45, 2.75) is 12.6 Å². The fraction of sp³-hybridized carbons (Fsp3) is 0.350. The highest BCUT2D eigenvalue weighted by molar-refractivity contribution is 14.1. The molecule has 29 heavy (non-hydrogen) atoms. The Balaban J connectivity index is 2.35. The van der Waals surface area contributed by atoms with E-state index >= 15 is 0 Å². The van der Waals surface area contributed by atoms with Crippen molar-refractivity contribution >= 4 is 51.5 Å². The zero-order valence-electron chi connectivity index (χ0n) is 16.3. The van der Waals surface area contributed by atoms with E-state index in [1.807, 2.05) is 46.5 Å². The van der Waals surface area contributed by atoms with Crippen molar-refractivity contribution in [1.82, 2.24) is 4.90 Å². The van der Waals surface area contributed by atoms with Crippen LogP contribution >= 0.6 is 34.2 Å². The number of halogens is 5. The maximum Gasteiger partial charge on any atom is 0.416 e. The fourth-order valence-corrected chi connectivity index (χ4v) is 3.45. The molecule has 1 amide bonds. The van der Waals surface area contributed by atoms with Gasteiger partial charge in [0.25, 0.3) is 5.91 Å². The third-order valence-corrected chi connectivity index (χ3v) is 5.26. The summed E-state index contributed by atoms with van der Waals surface area (Å²) < 4.78 is 40.4. The minimum atomic E-state index is -4.51. The summed E-state index contributed by atoms with van der Waals surface area (Å²) >= 11 is 8.14. The number of nitrogens with zero attached hydrogens (tertiary/aromatic N) is 2. The predicted octanol–water partition coefficient (Wildman–Crippen LogP) is 5.60. The first kappa shape index (κ1) is 23.8. The van der Waals surface area contributed by atoms with E-state index in [4.69, 9.17) is 11.6 Å². The third-order valence-electron chi connectivity index (χ3n) is 4.26. The summed E-state index contributed by atoms with van der Waals surface area (Å²) in [6, 6.07) is 8.27. The van der Waals surface area contributed by atoms with Gasteiger partial charge in [-0.1, -0.05) is 11.6 Å². The average Bonchev–Trinajstić information content (AvgIpc) is 2.62. The van der Waals surface area contributed by atoms with Gasteiger partial charge < -0.3 is 15.1 Å². The third kappa shape index (κ3) is 6.75.